The molecule has 8 heteroatoms. The van der Waals surface area contributed by atoms with Gasteiger partial charge in [0.05, 0.1) is 35.6 Å². The van der Waals surface area contributed by atoms with Gasteiger partial charge in [-0.2, -0.15) is 0 Å². The molecule has 1 atom stereocenters. The highest BCUT2D eigenvalue weighted by molar-refractivity contribution is 7.99. The van der Waals surface area contributed by atoms with E-state index in [0.29, 0.717) is 28.7 Å². The van der Waals surface area contributed by atoms with Crippen LogP contribution in [0.25, 0.3) is 23.1 Å². The zero-order chi connectivity index (χ0) is 30.6. The Morgan fingerprint density at radius 3 is 2.60 bits per heavy atom. The molecule has 4 aromatic rings. The minimum absolute atomic E-state index is 0.0580. The summed E-state index contributed by atoms with van der Waals surface area (Å²) < 4.78 is 11.7. The van der Waals surface area contributed by atoms with Crippen LogP contribution in [0.2, 0.25) is 5.02 Å². The number of carboxylic acid groups (broad SMARTS) is 1. The van der Waals surface area contributed by atoms with Gasteiger partial charge in [0.2, 0.25) is 0 Å². The molecule has 0 bridgehead atoms. The third kappa shape index (κ3) is 8.11. The molecule has 0 spiro atoms. The predicted octanol–water partition coefficient (Wildman–Crippen LogP) is 8.40. The van der Waals surface area contributed by atoms with Gasteiger partial charge in [-0.25, -0.2) is 4.98 Å². The van der Waals surface area contributed by atoms with Crippen LogP contribution in [0.3, 0.4) is 0 Å². The van der Waals surface area contributed by atoms with E-state index in [9.17, 15) is 15.0 Å². The van der Waals surface area contributed by atoms with Crippen LogP contribution in [0.1, 0.15) is 60.7 Å². The van der Waals surface area contributed by atoms with Crippen molar-refractivity contribution in [3.05, 3.63) is 100 Å². The molecule has 3 aromatic carbocycles. The summed E-state index contributed by atoms with van der Waals surface area (Å²) in [6.45, 7) is 3.79. The number of rotatable bonds is 13. The van der Waals surface area contributed by atoms with Crippen molar-refractivity contribution in [3.8, 4) is 11.5 Å². The molecule has 0 saturated heterocycles. The molecule has 224 valence electrons. The van der Waals surface area contributed by atoms with Crippen LogP contribution in [0, 0.1) is 5.41 Å². The van der Waals surface area contributed by atoms with Gasteiger partial charge in [-0.3, -0.25) is 4.79 Å². The lowest BCUT2D eigenvalue weighted by Crippen LogP contribution is -2.19. The first-order chi connectivity index (χ1) is 20.5. The molecule has 0 unspecified atom stereocenters. The number of hydrogen-bond donors (Lipinski definition) is 2. The number of pyridine rings is 1. The highest BCUT2D eigenvalue weighted by Gasteiger charge is 2.44. The third-order valence-electron chi connectivity index (χ3n) is 7.71. The van der Waals surface area contributed by atoms with Crippen molar-refractivity contribution in [2.24, 2.45) is 5.41 Å². The Hall–Kier alpha value is -3.52. The molecular formula is C35H36ClNO5S. The molecule has 1 heterocycles. The molecular weight excluding hydrogens is 582 g/mol. The maximum atomic E-state index is 11.5. The zero-order valence-corrected chi connectivity index (χ0v) is 26.1. The molecule has 0 aliphatic heterocycles. The number of aliphatic carboxylic acids is 1. The minimum atomic E-state index is -1.13. The number of carbonyl (C=O) groups is 1. The average Bonchev–Trinajstić information content (AvgIpc) is 3.74. The maximum absolute atomic E-state index is 11.5. The Labute approximate surface area is 261 Å². The fraction of sp³-hybridized carbons (Fsp3) is 0.314. The summed E-state index contributed by atoms with van der Waals surface area (Å²) in [6, 6.07) is 23.4. The number of thioether (sulfide) groups is 1. The first-order valence-corrected chi connectivity index (χ1v) is 15.7. The Kier molecular flexibility index (Phi) is 9.35. The lowest BCUT2D eigenvalue weighted by molar-refractivity contribution is -0.138. The Morgan fingerprint density at radius 1 is 1.09 bits per heavy atom. The summed E-state index contributed by atoms with van der Waals surface area (Å²) in [5.74, 6) is 1.21. The standard InChI is InChI=1S/C35H36ClNO5S/c1-34(2,40)29-19-28(41-3)13-14-31(29)42-21-32(43-22-35(15-16-35)20-33(38)39)25-6-4-5-23(17-25)7-11-27-12-9-24-8-10-26(36)18-30(24)37-27/h4-14,17-19,32,40H,15-16,20-22H2,1-3H3,(H,38,39)/b11-7+/t32-/m1/s1. The van der Waals surface area contributed by atoms with E-state index in [1.807, 2.05) is 66.7 Å². The summed E-state index contributed by atoms with van der Waals surface area (Å²) in [5.41, 5.74) is 3.13. The molecule has 5 rings (SSSR count). The normalized spacial score (nSPS) is 15.0. The molecule has 1 aromatic heterocycles. The van der Waals surface area contributed by atoms with Gasteiger partial charge in [0, 0.05) is 21.7 Å². The van der Waals surface area contributed by atoms with Gasteiger partial charge >= 0.3 is 5.97 Å². The summed E-state index contributed by atoms with van der Waals surface area (Å²) in [6.07, 6.45) is 6.05. The van der Waals surface area contributed by atoms with Crippen LogP contribution in [-0.4, -0.2) is 40.6 Å². The number of benzene rings is 3. The number of nitrogens with zero attached hydrogens (tertiary/aromatic N) is 1. The molecule has 43 heavy (non-hydrogen) atoms. The van der Waals surface area contributed by atoms with Gasteiger partial charge in [-0.15, -0.1) is 11.8 Å². The minimum Gasteiger partial charge on any atom is -0.497 e. The van der Waals surface area contributed by atoms with Crippen molar-refractivity contribution in [1.29, 1.82) is 0 Å². The predicted molar refractivity (Wildman–Crippen MR) is 175 cm³/mol. The number of methoxy groups -OCH3 is 1. The van der Waals surface area contributed by atoms with Crippen LogP contribution in [0.5, 0.6) is 11.5 Å². The first-order valence-electron chi connectivity index (χ1n) is 14.3. The van der Waals surface area contributed by atoms with Gasteiger partial charge < -0.3 is 19.7 Å². The summed E-state index contributed by atoms with van der Waals surface area (Å²) >= 11 is 7.89. The van der Waals surface area contributed by atoms with Crippen molar-refractivity contribution in [2.45, 2.75) is 44.0 Å². The highest BCUT2D eigenvalue weighted by Crippen LogP contribution is 2.53. The Morgan fingerprint density at radius 2 is 1.88 bits per heavy atom. The second kappa shape index (κ2) is 13.0. The van der Waals surface area contributed by atoms with E-state index in [0.717, 1.165) is 46.3 Å². The number of halogens is 1. The van der Waals surface area contributed by atoms with Crippen LogP contribution in [-0.2, 0) is 10.4 Å². The molecule has 0 amide bonds. The van der Waals surface area contributed by atoms with Crippen LogP contribution >= 0.6 is 23.4 Å². The number of ether oxygens (including phenoxy) is 2. The number of aliphatic hydroxyl groups is 1. The molecule has 0 radical (unpaired) electrons. The monoisotopic (exact) mass is 617 g/mol. The van der Waals surface area contributed by atoms with E-state index in [1.165, 1.54) is 0 Å². The molecule has 1 fully saturated rings. The van der Waals surface area contributed by atoms with E-state index >= 15 is 0 Å². The molecule has 1 aliphatic rings. The second-order valence-corrected chi connectivity index (χ2v) is 13.3. The fourth-order valence-corrected chi connectivity index (χ4v) is 6.65. The van der Waals surface area contributed by atoms with E-state index in [4.69, 9.17) is 26.1 Å². The average molecular weight is 618 g/mol. The number of fused-ring (bicyclic) bond motifs is 1. The second-order valence-electron chi connectivity index (χ2n) is 11.7. The SMILES string of the molecule is COc1ccc(OC[C@@H](SCC2(CC(=O)O)CC2)c2cccc(/C=C/c3ccc4ccc(Cl)cc4n3)c2)c(C(C)(C)O)c1. The highest BCUT2D eigenvalue weighted by atomic mass is 35.5. The topological polar surface area (TPSA) is 88.9 Å². The maximum Gasteiger partial charge on any atom is 0.303 e. The van der Waals surface area contributed by atoms with Crippen LogP contribution < -0.4 is 9.47 Å². The fourth-order valence-electron chi connectivity index (χ4n) is 5.04. The smallest absolute Gasteiger partial charge is 0.303 e. The number of aromatic nitrogens is 1. The van der Waals surface area contributed by atoms with Crippen molar-refractivity contribution in [3.63, 3.8) is 0 Å². The van der Waals surface area contributed by atoms with Crippen LogP contribution in [0.15, 0.2) is 72.8 Å². The third-order valence-corrected chi connectivity index (χ3v) is 9.54. The Bertz CT molecular complexity index is 1640. The summed E-state index contributed by atoms with van der Waals surface area (Å²) in [7, 11) is 1.59. The van der Waals surface area contributed by atoms with Gasteiger partial charge in [0.25, 0.3) is 0 Å². The van der Waals surface area contributed by atoms with Gasteiger partial charge in [-0.05, 0) is 85.7 Å². The number of carboxylic acids is 1. The lowest BCUT2D eigenvalue weighted by Gasteiger charge is -2.25. The van der Waals surface area contributed by atoms with E-state index in [-0.39, 0.29) is 17.1 Å². The van der Waals surface area contributed by atoms with Crippen LogP contribution in [0.4, 0.5) is 0 Å². The number of hydrogen-bond acceptors (Lipinski definition) is 6. The van der Waals surface area contributed by atoms with Gasteiger partial charge in [-0.1, -0.05) is 54.1 Å². The van der Waals surface area contributed by atoms with Crippen molar-refractivity contribution >= 4 is 52.4 Å². The van der Waals surface area contributed by atoms with Crippen molar-refractivity contribution in [2.75, 3.05) is 19.5 Å². The molecule has 6 nitrogen and oxygen atoms in total. The van der Waals surface area contributed by atoms with Crippen molar-refractivity contribution < 1.29 is 24.5 Å². The van der Waals surface area contributed by atoms with Crippen molar-refractivity contribution in [1.82, 2.24) is 4.98 Å². The van der Waals surface area contributed by atoms with E-state index in [1.54, 1.807) is 38.8 Å². The largest absolute Gasteiger partial charge is 0.497 e. The first kappa shape index (κ1) is 30.9. The molecule has 1 saturated carbocycles. The van der Waals surface area contributed by atoms with Gasteiger partial charge in [0.15, 0.2) is 0 Å². The Balaban J connectivity index is 1.39. The zero-order valence-electron chi connectivity index (χ0n) is 24.5. The molecule has 1 aliphatic carbocycles. The van der Waals surface area contributed by atoms with Gasteiger partial charge in [0.1, 0.15) is 18.1 Å². The van der Waals surface area contributed by atoms with E-state index in [2.05, 4.69) is 12.1 Å². The summed E-state index contributed by atoms with van der Waals surface area (Å²) in [5, 5.41) is 21.9. The molecule has 2 N–H and O–H groups in total. The van der Waals surface area contributed by atoms with E-state index < -0.39 is 11.6 Å². The quantitative estimate of drug-likeness (QED) is 0.156. The lowest BCUT2D eigenvalue weighted by atomic mass is 9.97. The summed E-state index contributed by atoms with van der Waals surface area (Å²) in [4.78, 5) is 16.2.